The summed E-state index contributed by atoms with van der Waals surface area (Å²) >= 11 is 0. The number of carbonyl (C=O) groups excluding carboxylic acids is 1. The number of hydrogen-bond acceptors (Lipinski definition) is 4. The van der Waals surface area contributed by atoms with Crippen molar-refractivity contribution in [1.82, 2.24) is 5.32 Å². The molecule has 1 saturated carbocycles. The molecular weight excluding hydrogens is 369 g/mol. The molecule has 0 spiro atoms. The van der Waals surface area contributed by atoms with E-state index >= 15 is 0 Å². The number of anilines is 1. The van der Waals surface area contributed by atoms with Gasteiger partial charge < -0.3 is 5.32 Å². The van der Waals surface area contributed by atoms with E-state index in [4.69, 9.17) is 0 Å². The molecule has 2 aromatic rings. The van der Waals surface area contributed by atoms with Crippen molar-refractivity contribution in [2.45, 2.75) is 36.6 Å². The van der Waals surface area contributed by atoms with Crippen molar-refractivity contribution in [3.63, 3.8) is 0 Å². The zero-order valence-corrected chi connectivity index (χ0v) is 15.4. The van der Waals surface area contributed by atoms with Gasteiger partial charge in [0, 0.05) is 11.3 Å². The molecule has 6 nitrogen and oxygen atoms in total. The first kappa shape index (κ1) is 18.9. The molecule has 0 heterocycles. The molecule has 2 N–H and O–H groups in total. The molecule has 0 aliphatic heterocycles. The number of rotatable bonds is 5. The van der Waals surface area contributed by atoms with E-state index in [0.717, 1.165) is 18.6 Å². The molecule has 27 heavy (non-hydrogen) atoms. The molecule has 1 aliphatic rings. The molecule has 140 valence electrons. The number of aryl methyl sites for hydroxylation is 1. The monoisotopic (exact) mass is 387 g/mol. The average molecular weight is 387 g/mol. The van der Waals surface area contributed by atoms with Crippen LogP contribution >= 0.6 is 0 Å². The molecule has 0 unspecified atom stereocenters. The van der Waals surface area contributed by atoms with Crippen LogP contribution in [0.2, 0.25) is 0 Å². The number of amides is 1. The maximum Gasteiger partial charge on any atom is 0.261 e. The van der Waals surface area contributed by atoms with Crippen molar-refractivity contribution in [2.24, 2.45) is 0 Å². The normalized spacial score (nSPS) is 15.3. The van der Waals surface area contributed by atoms with Gasteiger partial charge in [-0.25, -0.2) is 12.8 Å². The summed E-state index contributed by atoms with van der Waals surface area (Å²) < 4.78 is 40.5. The Labute approximate surface area is 157 Å². The number of benzene rings is 2. The molecule has 0 saturated heterocycles. The van der Waals surface area contributed by atoms with E-state index in [1.807, 2.05) is 0 Å². The number of hydrogen-bond donors (Lipinski definition) is 2. The number of nitriles is 1. The van der Waals surface area contributed by atoms with Crippen LogP contribution in [0.5, 0.6) is 0 Å². The molecule has 1 aliphatic carbocycles. The summed E-state index contributed by atoms with van der Waals surface area (Å²) in [6.07, 6.45) is 2.03. The third kappa shape index (κ3) is 3.93. The zero-order valence-electron chi connectivity index (χ0n) is 14.6. The largest absolute Gasteiger partial charge is 0.334 e. The van der Waals surface area contributed by atoms with Gasteiger partial charge in [-0.3, -0.25) is 9.52 Å². The second-order valence-corrected chi connectivity index (χ2v) is 8.27. The molecule has 0 radical (unpaired) electrons. The van der Waals surface area contributed by atoms with Crippen molar-refractivity contribution in [2.75, 3.05) is 4.72 Å². The standard InChI is InChI=1S/C19H18FN3O3S/c1-13-3-8-16(27(25,26)23-15-6-4-14(20)5-7-15)11-17(13)18(24)22-19(12-21)9-2-10-19/h3-8,11,23H,2,9-10H2,1H3,(H,22,24). The van der Waals surface area contributed by atoms with Gasteiger partial charge in [0.1, 0.15) is 11.4 Å². The summed E-state index contributed by atoms with van der Waals surface area (Å²) in [7, 11) is -3.96. The van der Waals surface area contributed by atoms with Crippen LogP contribution in [0.3, 0.4) is 0 Å². The molecule has 0 aromatic heterocycles. The van der Waals surface area contributed by atoms with Crippen molar-refractivity contribution in [3.05, 3.63) is 59.4 Å². The number of nitrogens with one attached hydrogen (secondary N) is 2. The lowest BCUT2D eigenvalue weighted by molar-refractivity contribution is 0.0880. The minimum Gasteiger partial charge on any atom is -0.334 e. The summed E-state index contributed by atoms with van der Waals surface area (Å²) in [5.41, 5.74) is 0.130. The lowest BCUT2D eigenvalue weighted by Crippen LogP contribution is -2.52. The Balaban J connectivity index is 1.86. The fraction of sp³-hybridized carbons (Fsp3) is 0.263. The van der Waals surface area contributed by atoms with E-state index in [2.05, 4.69) is 16.1 Å². The quantitative estimate of drug-likeness (QED) is 0.823. The molecule has 0 bridgehead atoms. The first-order valence-corrected chi connectivity index (χ1v) is 9.86. The predicted molar refractivity (Wildman–Crippen MR) is 98.0 cm³/mol. The topological polar surface area (TPSA) is 99.1 Å². The van der Waals surface area contributed by atoms with Crippen molar-refractivity contribution in [3.8, 4) is 6.07 Å². The summed E-state index contributed by atoms with van der Waals surface area (Å²) in [6, 6.07) is 11.2. The Bertz CT molecular complexity index is 1020. The number of halogens is 1. The first-order valence-electron chi connectivity index (χ1n) is 8.37. The molecule has 1 amide bonds. The van der Waals surface area contributed by atoms with E-state index in [-0.39, 0.29) is 16.1 Å². The van der Waals surface area contributed by atoms with Gasteiger partial charge in [0.2, 0.25) is 0 Å². The molecule has 0 atom stereocenters. The SMILES string of the molecule is Cc1ccc(S(=O)(=O)Nc2ccc(F)cc2)cc1C(=O)NC1(C#N)CCC1. The first-order chi connectivity index (χ1) is 12.7. The summed E-state index contributed by atoms with van der Waals surface area (Å²) in [6.45, 7) is 1.69. The Morgan fingerprint density at radius 3 is 2.41 bits per heavy atom. The maximum atomic E-state index is 13.0. The molecule has 8 heteroatoms. The third-order valence-electron chi connectivity index (χ3n) is 4.63. The Morgan fingerprint density at radius 1 is 1.19 bits per heavy atom. The third-order valence-corrected chi connectivity index (χ3v) is 6.01. The molecular formula is C19H18FN3O3S. The van der Waals surface area contributed by atoms with Gasteiger partial charge in [0.05, 0.1) is 11.0 Å². The van der Waals surface area contributed by atoms with Crippen LogP contribution in [0.4, 0.5) is 10.1 Å². The second-order valence-electron chi connectivity index (χ2n) is 6.59. The average Bonchev–Trinajstić information content (AvgIpc) is 2.60. The fourth-order valence-corrected chi connectivity index (χ4v) is 3.91. The highest BCUT2D eigenvalue weighted by atomic mass is 32.2. The van der Waals surface area contributed by atoms with Crippen LogP contribution in [0, 0.1) is 24.1 Å². The van der Waals surface area contributed by atoms with E-state index < -0.39 is 27.3 Å². The van der Waals surface area contributed by atoms with Crippen LogP contribution in [-0.4, -0.2) is 19.9 Å². The van der Waals surface area contributed by atoms with Crippen LogP contribution in [0.25, 0.3) is 0 Å². The highest BCUT2D eigenvalue weighted by molar-refractivity contribution is 7.92. The van der Waals surface area contributed by atoms with Gasteiger partial charge in [0.25, 0.3) is 15.9 Å². The van der Waals surface area contributed by atoms with Crippen molar-refractivity contribution >= 4 is 21.6 Å². The van der Waals surface area contributed by atoms with E-state index in [1.54, 1.807) is 6.92 Å². The van der Waals surface area contributed by atoms with E-state index in [0.29, 0.717) is 18.4 Å². The minimum absolute atomic E-state index is 0.0952. The maximum absolute atomic E-state index is 13.0. The summed E-state index contributed by atoms with van der Waals surface area (Å²) in [5, 5.41) is 12.0. The van der Waals surface area contributed by atoms with Gasteiger partial charge in [-0.05, 0) is 68.1 Å². The lowest BCUT2D eigenvalue weighted by Gasteiger charge is -2.35. The smallest absolute Gasteiger partial charge is 0.261 e. The van der Waals surface area contributed by atoms with Crippen LogP contribution in [-0.2, 0) is 10.0 Å². The number of nitrogens with zero attached hydrogens (tertiary/aromatic N) is 1. The van der Waals surface area contributed by atoms with Crippen LogP contribution < -0.4 is 10.0 Å². The fourth-order valence-electron chi connectivity index (χ4n) is 2.82. The Morgan fingerprint density at radius 2 is 1.85 bits per heavy atom. The van der Waals surface area contributed by atoms with Gasteiger partial charge >= 0.3 is 0 Å². The van der Waals surface area contributed by atoms with Crippen molar-refractivity contribution < 1.29 is 17.6 Å². The van der Waals surface area contributed by atoms with Gasteiger partial charge in [0.15, 0.2) is 0 Å². The number of carbonyl (C=O) groups is 1. The van der Waals surface area contributed by atoms with Gasteiger partial charge in [-0.1, -0.05) is 6.07 Å². The van der Waals surface area contributed by atoms with Crippen LogP contribution in [0.1, 0.15) is 35.2 Å². The molecule has 3 rings (SSSR count). The Hall–Kier alpha value is -2.92. The highest BCUT2D eigenvalue weighted by Crippen LogP contribution is 2.31. The van der Waals surface area contributed by atoms with Crippen molar-refractivity contribution in [1.29, 1.82) is 5.26 Å². The molecule has 2 aromatic carbocycles. The van der Waals surface area contributed by atoms with Gasteiger partial charge in [-0.15, -0.1) is 0 Å². The van der Waals surface area contributed by atoms with Crippen LogP contribution in [0.15, 0.2) is 47.4 Å². The Kier molecular flexibility index (Phi) is 4.89. The summed E-state index contributed by atoms with van der Waals surface area (Å²) in [5.74, 6) is -0.956. The highest BCUT2D eigenvalue weighted by Gasteiger charge is 2.39. The predicted octanol–water partition coefficient (Wildman–Crippen LogP) is 3.11. The summed E-state index contributed by atoms with van der Waals surface area (Å²) in [4.78, 5) is 12.5. The van der Waals surface area contributed by atoms with Gasteiger partial charge in [-0.2, -0.15) is 5.26 Å². The number of sulfonamides is 1. The zero-order chi connectivity index (χ0) is 19.7. The lowest BCUT2D eigenvalue weighted by atomic mass is 9.78. The van der Waals surface area contributed by atoms with E-state index in [9.17, 15) is 22.9 Å². The van der Waals surface area contributed by atoms with E-state index in [1.165, 1.54) is 30.3 Å². The second kappa shape index (κ2) is 7.00. The molecule has 1 fully saturated rings. The minimum atomic E-state index is -3.96.